The lowest BCUT2D eigenvalue weighted by Crippen LogP contribution is -2.13. The molecule has 22 heavy (non-hydrogen) atoms. The molecule has 0 aliphatic heterocycles. The van der Waals surface area contributed by atoms with Gasteiger partial charge in [-0.3, -0.25) is 4.79 Å². The molecule has 1 atom stereocenters. The lowest BCUT2D eigenvalue weighted by atomic mass is 9.79. The van der Waals surface area contributed by atoms with Crippen LogP contribution in [-0.4, -0.2) is 5.78 Å². The molecule has 0 bridgehead atoms. The molecule has 1 unspecified atom stereocenters. The van der Waals surface area contributed by atoms with Crippen molar-refractivity contribution >= 4 is 22.1 Å². The summed E-state index contributed by atoms with van der Waals surface area (Å²) in [4.78, 5) is 11.9. The molecule has 1 aliphatic rings. The maximum atomic E-state index is 11.9. The highest BCUT2D eigenvalue weighted by Crippen LogP contribution is 2.37. The van der Waals surface area contributed by atoms with Crippen LogP contribution in [0.1, 0.15) is 37.7 Å². The van der Waals surface area contributed by atoms with Crippen LogP contribution in [0.3, 0.4) is 0 Å². The Morgan fingerprint density at radius 2 is 1.95 bits per heavy atom. The Hall–Kier alpha value is -2.33. The van der Waals surface area contributed by atoms with E-state index in [2.05, 4.69) is 48.4 Å². The van der Waals surface area contributed by atoms with Gasteiger partial charge in [0.15, 0.2) is 5.78 Å². The normalized spacial score (nSPS) is 18.0. The van der Waals surface area contributed by atoms with Crippen LogP contribution in [0.4, 0.5) is 0 Å². The molecule has 0 N–H and O–H groups in total. The predicted molar refractivity (Wildman–Crippen MR) is 92.3 cm³/mol. The second-order valence-electron chi connectivity index (χ2n) is 5.92. The number of hydrogen-bond acceptors (Lipinski definition) is 1. The average Bonchev–Trinajstić information content (AvgIpc) is 2.56. The Kier molecular flexibility index (Phi) is 4.39. The van der Waals surface area contributed by atoms with Gasteiger partial charge in [0.2, 0.25) is 0 Å². The third-order valence-electron chi connectivity index (χ3n) is 4.47. The van der Waals surface area contributed by atoms with Crippen LogP contribution in [0, 0.1) is 18.3 Å². The molecule has 0 aromatic heterocycles. The van der Waals surface area contributed by atoms with E-state index < -0.39 is 0 Å². The number of terminal acetylenes is 1. The van der Waals surface area contributed by atoms with Gasteiger partial charge in [-0.25, -0.2) is 0 Å². The highest BCUT2D eigenvalue weighted by atomic mass is 16.1. The van der Waals surface area contributed by atoms with Gasteiger partial charge in [0, 0.05) is 12.8 Å². The van der Waals surface area contributed by atoms with Crippen molar-refractivity contribution in [3.8, 4) is 12.3 Å². The van der Waals surface area contributed by atoms with Gasteiger partial charge >= 0.3 is 0 Å². The molecule has 3 rings (SSSR count). The Morgan fingerprint density at radius 1 is 1.14 bits per heavy atom. The Bertz CT molecular complexity index is 756. The summed E-state index contributed by atoms with van der Waals surface area (Å²) in [5.74, 6) is 3.40. The predicted octanol–water partition coefficient (Wildman–Crippen LogP) is 5.01. The first-order valence-corrected chi connectivity index (χ1v) is 7.95. The van der Waals surface area contributed by atoms with Gasteiger partial charge in [-0.1, -0.05) is 42.5 Å². The van der Waals surface area contributed by atoms with Gasteiger partial charge in [0.25, 0.3) is 0 Å². The van der Waals surface area contributed by atoms with Crippen LogP contribution in [0.15, 0.2) is 48.5 Å². The van der Waals surface area contributed by atoms with Crippen LogP contribution >= 0.6 is 0 Å². The van der Waals surface area contributed by atoms with E-state index in [1.54, 1.807) is 0 Å². The van der Waals surface area contributed by atoms with E-state index in [1.165, 1.54) is 21.9 Å². The molecule has 1 aliphatic carbocycles. The Balaban J connectivity index is 2.01. The minimum atomic E-state index is 0.246. The first-order chi connectivity index (χ1) is 10.8. The van der Waals surface area contributed by atoms with E-state index in [0.717, 1.165) is 25.7 Å². The molecule has 0 heterocycles. The minimum absolute atomic E-state index is 0.246. The minimum Gasteiger partial charge on any atom is -0.295 e. The van der Waals surface area contributed by atoms with Crippen molar-refractivity contribution in [2.24, 2.45) is 5.92 Å². The zero-order valence-electron chi connectivity index (χ0n) is 12.7. The summed E-state index contributed by atoms with van der Waals surface area (Å²) in [6.07, 6.45) is 11.7. The second kappa shape index (κ2) is 6.62. The number of rotatable bonds is 4. The van der Waals surface area contributed by atoms with Crippen molar-refractivity contribution in [3.63, 3.8) is 0 Å². The standard InChI is InChI=1S/C21H20O/c1-2-3-4-8-17-13-14-18(22)15-21(17)20-12-7-10-16-9-5-6-11-19(16)20/h1,5-7,9-12,15,17H,3-4,8,13-14H2. The molecule has 0 saturated carbocycles. The van der Waals surface area contributed by atoms with Gasteiger partial charge in [-0.05, 0) is 53.2 Å². The third kappa shape index (κ3) is 2.97. The molecule has 0 amide bonds. The third-order valence-corrected chi connectivity index (χ3v) is 4.47. The molecule has 110 valence electrons. The maximum absolute atomic E-state index is 11.9. The van der Waals surface area contributed by atoms with Gasteiger partial charge in [-0.2, -0.15) is 0 Å². The number of unbranched alkanes of at least 4 members (excludes halogenated alkanes) is 1. The summed E-state index contributed by atoms with van der Waals surface area (Å²) in [5.41, 5.74) is 2.40. The number of allylic oxidation sites excluding steroid dienone is 2. The molecule has 2 aromatic rings. The molecule has 1 heteroatoms. The molecule has 0 spiro atoms. The lowest BCUT2D eigenvalue weighted by molar-refractivity contribution is -0.115. The fourth-order valence-corrected chi connectivity index (χ4v) is 3.36. The fourth-order valence-electron chi connectivity index (χ4n) is 3.36. The number of fused-ring (bicyclic) bond motifs is 1. The second-order valence-corrected chi connectivity index (χ2v) is 5.92. The van der Waals surface area contributed by atoms with E-state index in [9.17, 15) is 4.79 Å². The quantitative estimate of drug-likeness (QED) is 0.571. The average molecular weight is 288 g/mol. The zero-order valence-corrected chi connectivity index (χ0v) is 12.7. The highest BCUT2D eigenvalue weighted by Gasteiger charge is 2.23. The van der Waals surface area contributed by atoms with E-state index in [1.807, 2.05) is 6.08 Å². The Morgan fingerprint density at radius 3 is 2.82 bits per heavy atom. The monoisotopic (exact) mass is 288 g/mol. The molecular weight excluding hydrogens is 268 g/mol. The van der Waals surface area contributed by atoms with Crippen LogP contribution < -0.4 is 0 Å². The van der Waals surface area contributed by atoms with Crippen molar-refractivity contribution in [2.75, 3.05) is 0 Å². The smallest absolute Gasteiger partial charge is 0.156 e. The molecule has 0 radical (unpaired) electrons. The summed E-state index contributed by atoms with van der Waals surface area (Å²) in [6, 6.07) is 14.7. The molecule has 1 nitrogen and oxygen atoms in total. The lowest BCUT2D eigenvalue weighted by Gasteiger charge is -2.25. The molecule has 0 saturated heterocycles. The topological polar surface area (TPSA) is 17.1 Å². The summed E-state index contributed by atoms with van der Waals surface area (Å²) in [7, 11) is 0. The zero-order chi connectivity index (χ0) is 15.4. The van der Waals surface area contributed by atoms with Crippen LogP contribution in [-0.2, 0) is 4.79 Å². The highest BCUT2D eigenvalue weighted by molar-refractivity contribution is 6.03. The van der Waals surface area contributed by atoms with Crippen molar-refractivity contribution < 1.29 is 4.79 Å². The van der Waals surface area contributed by atoms with Crippen molar-refractivity contribution in [1.29, 1.82) is 0 Å². The van der Waals surface area contributed by atoms with Crippen LogP contribution in [0.5, 0.6) is 0 Å². The fraction of sp³-hybridized carbons (Fsp3) is 0.286. The van der Waals surface area contributed by atoms with Gasteiger partial charge in [-0.15, -0.1) is 12.3 Å². The number of hydrogen-bond donors (Lipinski definition) is 0. The number of benzene rings is 2. The largest absolute Gasteiger partial charge is 0.295 e. The summed E-state index contributed by atoms with van der Waals surface area (Å²) in [6.45, 7) is 0. The summed E-state index contributed by atoms with van der Waals surface area (Å²) < 4.78 is 0. The van der Waals surface area contributed by atoms with Crippen LogP contribution in [0.2, 0.25) is 0 Å². The number of ketones is 1. The van der Waals surface area contributed by atoms with Crippen molar-refractivity contribution in [1.82, 2.24) is 0 Å². The number of carbonyl (C=O) groups excluding carboxylic acids is 1. The Labute approximate surface area is 132 Å². The van der Waals surface area contributed by atoms with E-state index in [-0.39, 0.29) is 5.78 Å². The first-order valence-electron chi connectivity index (χ1n) is 7.95. The van der Waals surface area contributed by atoms with Gasteiger partial charge < -0.3 is 0 Å². The SMILES string of the molecule is C#CCCCC1CCC(=O)C=C1c1cccc2ccccc12. The van der Waals surface area contributed by atoms with Gasteiger partial charge in [0.05, 0.1) is 0 Å². The van der Waals surface area contributed by atoms with Crippen molar-refractivity contribution in [2.45, 2.75) is 32.1 Å². The van der Waals surface area contributed by atoms with E-state index in [0.29, 0.717) is 12.3 Å². The summed E-state index contributed by atoms with van der Waals surface area (Å²) in [5, 5.41) is 2.45. The number of carbonyl (C=O) groups is 1. The summed E-state index contributed by atoms with van der Waals surface area (Å²) >= 11 is 0. The molecule has 2 aromatic carbocycles. The molecular formula is C21H20O. The maximum Gasteiger partial charge on any atom is 0.156 e. The van der Waals surface area contributed by atoms with Crippen LogP contribution in [0.25, 0.3) is 16.3 Å². The van der Waals surface area contributed by atoms with E-state index >= 15 is 0 Å². The van der Waals surface area contributed by atoms with E-state index in [4.69, 9.17) is 6.42 Å². The first kappa shape index (κ1) is 14.6. The molecule has 0 fully saturated rings. The van der Waals surface area contributed by atoms with Gasteiger partial charge in [0.1, 0.15) is 0 Å². The van der Waals surface area contributed by atoms with Crippen molar-refractivity contribution in [3.05, 3.63) is 54.1 Å².